The van der Waals surface area contributed by atoms with Gasteiger partial charge in [0.25, 0.3) is 0 Å². The van der Waals surface area contributed by atoms with E-state index < -0.39 is 46.4 Å². The van der Waals surface area contributed by atoms with E-state index in [1.165, 1.54) is 0 Å². The summed E-state index contributed by atoms with van der Waals surface area (Å²) in [6.45, 7) is 7.54. The largest absolute Gasteiger partial charge is 0.486 e. The van der Waals surface area contributed by atoms with Crippen molar-refractivity contribution in [2.24, 2.45) is 23.7 Å². The second-order valence-corrected chi connectivity index (χ2v) is 14.9. The molecule has 8 aliphatic rings. The lowest BCUT2D eigenvalue weighted by Gasteiger charge is -2.58. The Morgan fingerprint density at radius 3 is 1.69 bits per heavy atom. The number of hydrogen-bond acceptors (Lipinski definition) is 9. The molecule has 0 bridgehead atoms. The van der Waals surface area contributed by atoms with Crippen LogP contribution in [0.15, 0.2) is 12.3 Å². The molecule has 252 valence electrons. The predicted molar refractivity (Wildman–Crippen MR) is 163 cm³/mol. The second kappa shape index (κ2) is 11.2. The molecule has 6 heterocycles. The molecule has 8 rings (SSSR count). The topological polar surface area (TPSA) is 159 Å². The van der Waals surface area contributed by atoms with E-state index in [9.17, 15) is 24.6 Å². The number of epoxide rings is 2. The number of alkyl halides is 2. The molecule has 8 fully saturated rings. The minimum atomic E-state index is -1.35. The number of carbonyl (C=O) groups excluding carboxylic acids is 3. The second-order valence-electron chi connectivity index (χ2n) is 14.1. The summed E-state index contributed by atoms with van der Waals surface area (Å²) in [6, 6.07) is 0. The Kier molecular flexibility index (Phi) is 8.30. The van der Waals surface area contributed by atoms with Crippen molar-refractivity contribution in [3.05, 3.63) is 12.3 Å². The maximum Gasteiger partial charge on any atom is 0.339 e. The van der Waals surface area contributed by atoms with Gasteiger partial charge in [-0.3, -0.25) is 9.59 Å². The predicted octanol–water partition coefficient (Wildman–Crippen LogP) is 2.31. The molecule has 0 unspecified atom stereocenters. The highest BCUT2D eigenvalue weighted by molar-refractivity contribution is 6.18. The monoisotopic (exact) mass is 672 g/mol. The Morgan fingerprint density at radius 1 is 0.800 bits per heavy atom. The molecule has 6 aliphatic heterocycles. The van der Waals surface area contributed by atoms with Gasteiger partial charge in [0.1, 0.15) is 5.76 Å². The van der Waals surface area contributed by atoms with Gasteiger partial charge < -0.3 is 39.8 Å². The number of ether oxygens (including phenoxy) is 4. The van der Waals surface area contributed by atoms with E-state index in [1.54, 1.807) is 6.92 Å². The Bertz CT molecular complexity index is 1180. The number of nitrogens with one attached hydrogen (secondary N) is 2. The molecule has 0 radical (unpaired) electrons. The van der Waals surface area contributed by atoms with Crippen molar-refractivity contribution in [2.45, 2.75) is 132 Å². The Balaban J connectivity index is 0.000000155. The third-order valence-electron chi connectivity index (χ3n) is 12.2. The van der Waals surface area contributed by atoms with Gasteiger partial charge in [0, 0.05) is 23.6 Å². The zero-order chi connectivity index (χ0) is 31.4. The lowest BCUT2D eigenvalue weighted by atomic mass is 9.63. The van der Waals surface area contributed by atoms with Crippen LogP contribution in [0, 0.1) is 23.7 Å². The van der Waals surface area contributed by atoms with Crippen molar-refractivity contribution in [3.63, 3.8) is 0 Å². The number of esters is 1. The summed E-state index contributed by atoms with van der Waals surface area (Å²) < 4.78 is 22.5. The molecule has 0 aromatic heterocycles. The van der Waals surface area contributed by atoms with Crippen molar-refractivity contribution >= 4 is 41.0 Å². The fourth-order valence-electron chi connectivity index (χ4n) is 9.62. The van der Waals surface area contributed by atoms with Crippen LogP contribution in [-0.2, 0) is 33.3 Å². The van der Waals surface area contributed by atoms with E-state index >= 15 is 0 Å². The van der Waals surface area contributed by atoms with Crippen LogP contribution >= 0.6 is 23.2 Å². The zero-order valence-electron chi connectivity index (χ0n) is 25.1. The van der Waals surface area contributed by atoms with Crippen LogP contribution in [0.1, 0.15) is 72.6 Å². The number of fused-ring (bicyclic) bond motifs is 4. The molecule has 2 amide bonds. The molecule has 13 heteroatoms. The highest BCUT2D eigenvalue weighted by Crippen LogP contribution is 2.59. The van der Waals surface area contributed by atoms with Crippen molar-refractivity contribution in [3.8, 4) is 0 Å². The molecule has 2 saturated carbocycles. The number of rotatable bonds is 8. The van der Waals surface area contributed by atoms with Crippen molar-refractivity contribution in [2.75, 3.05) is 11.8 Å². The minimum absolute atomic E-state index is 0. The molecule has 0 aromatic carbocycles. The molecular formula is C32H46Cl2N2O9. The van der Waals surface area contributed by atoms with Crippen molar-refractivity contribution < 1.29 is 43.5 Å². The SMILES string of the molecule is C.C=C1O[C@@]2(C)[C@@H](CCCl)C(=O)N[C@@]12[C@@H](O)[C@H]1CCC[C@@H]2O[C@H]12.C[C@@]12OC(=O)[C@]1([C@@H](O)[C@H]1CCC[C@H]3O[C@@H]13)NC(=O)[C@@H]2CCCl. The lowest BCUT2D eigenvalue weighted by Crippen LogP contribution is -2.80. The van der Waals surface area contributed by atoms with Crippen LogP contribution in [0.4, 0.5) is 0 Å². The minimum Gasteiger partial charge on any atom is -0.486 e. The van der Waals surface area contributed by atoms with Crippen LogP contribution in [0.5, 0.6) is 0 Å². The highest BCUT2D eigenvalue weighted by atomic mass is 35.5. The molecule has 6 saturated heterocycles. The van der Waals surface area contributed by atoms with Crippen LogP contribution in [0.25, 0.3) is 0 Å². The van der Waals surface area contributed by atoms with Gasteiger partial charge in [-0.1, -0.05) is 26.8 Å². The molecule has 45 heavy (non-hydrogen) atoms. The van der Waals surface area contributed by atoms with Gasteiger partial charge in [-0.2, -0.15) is 0 Å². The average Bonchev–Trinajstić information content (AvgIpc) is 3.91. The smallest absolute Gasteiger partial charge is 0.339 e. The maximum atomic E-state index is 12.4. The van der Waals surface area contributed by atoms with Gasteiger partial charge in [-0.25, -0.2) is 4.79 Å². The van der Waals surface area contributed by atoms with E-state index in [4.69, 9.17) is 42.1 Å². The molecular weight excluding hydrogens is 627 g/mol. The first-order chi connectivity index (χ1) is 20.9. The first-order valence-electron chi connectivity index (χ1n) is 16.0. The van der Waals surface area contributed by atoms with E-state index in [1.807, 2.05) is 6.92 Å². The fraction of sp³-hybridized carbons (Fsp3) is 0.844. The number of amides is 2. The van der Waals surface area contributed by atoms with E-state index in [2.05, 4.69) is 17.2 Å². The average molecular weight is 674 g/mol. The summed E-state index contributed by atoms with van der Waals surface area (Å²) in [7, 11) is 0. The molecule has 0 aromatic rings. The maximum absolute atomic E-state index is 12.4. The van der Waals surface area contributed by atoms with Gasteiger partial charge in [0.15, 0.2) is 16.7 Å². The van der Waals surface area contributed by atoms with Crippen LogP contribution in [-0.4, -0.2) is 98.7 Å². The quantitative estimate of drug-likeness (QED) is 0.172. The van der Waals surface area contributed by atoms with Crippen LogP contribution in [0.2, 0.25) is 0 Å². The normalized spacial score (nSPS) is 49.2. The van der Waals surface area contributed by atoms with E-state index in [-0.39, 0.29) is 61.4 Å². The van der Waals surface area contributed by atoms with Gasteiger partial charge >= 0.3 is 5.97 Å². The summed E-state index contributed by atoms with van der Waals surface area (Å²) >= 11 is 11.6. The molecule has 0 spiro atoms. The van der Waals surface area contributed by atoms with Crippen molar-refractivity contribution in [1.82, 2.24) is 10.6 Å². The number of aliphatic hydroxyl groups excluding tert-OH is 2. The molecule has 4 N–H and O–H groups in total. The van der Waals surface area contributed by atoms with Crippen molar-refractivity contribution in [1.29, 1.82) is 0 Å². The first-order valence-corrected chi connectivity index (χ1v) is 17.0. The van der Waals surface area contributed by atoms with Gasteiger partial charge in [0.2, 0.25) is 17.4 Å². The van der Waals surface area contributed by atoms with Gasteiger partial charge in [0.05, 0.1) is 48.5 Å². The number of halogens is 2. The lowest BCUT2D eigenvalue weighted by molar-refractivity contribution is -0.240. The zero-order valence-corrected chi connectivity index (χ0v) is 26.6. The summed E-state index contributed by atoms with van der Waals surface area (Å²) in [5.74, 6) is -0.772. The molecule has 14 atom stereocenters. The first kappa shape index (κ1) is 33.3. The Morgan fingerprint density at radius 2 is 1.24 bits per heavy atom. The third-order valence-corrected chi connectivity index (χ3v) is 12.6. The summed E-state index contributed by atoms with van der Waals surface area (Å²) in [5.41, 5.74) is -4.06. The van der Waals surface area contributed by atoms with E-state index in [0.717, 1.165) is 38.5 Å². The summed E-state index contributed by atoms with van der Waals surface area (Å²) in [5, 5.41) is 27.8. The van der Waals surface area contributed by atoms with Gasteiger partial charge in [-0.05, 0) is 52.4 Å². The van der Waals surface area contributed by atoms with Gasteiger partial charge in [-0.15, -0.1) is 23.2 Å². The summed E-state index contributed by atoms with van der Waals surface area (Å²) in [6.07, 6.45) is 5.58. The summed E-state index contributed by atoms with van der Waals surface area (Å²) in [4.78, 5) is 37.0. The Hall–Kier alpha value is -1.63. The molecule has 2 aliphatic carbocycles. The third kappa shape index (κ3) is 4.32. The number of carbonyl (C=O) groups is 3. The standard InChI is InChI=1S/C16H22ClNO4.C15H20ClNO5.CH4/c1-8-16(13(19)9-4-3-5-11-12(9)21-11)15(2,22-8)10(6-7-17)14(20)18-16;1-14-8(5-6-16)12(19)17-15(14,13(20)22-14)11(18)7-3-2-4-9-10(7)21-9;/h9-13,19H,1,3-7H2,2H3,(H,18,20);7-11,18H,2-6H2,1H3,(H,17,19);1H4/t9-,10-,11-,12+,13-,15-,16+;7-,8-,9+,10-,11-,14-,15-;/m00./s1. The van der Waals surface area contributed by atoms with Crippen LogP contribution in [0.3, 0.4) is 0 Å². The number of aliphatic hydroxyl groups is 2. The fourth-order valence-corrected chi connectivity index (χ4v) is 10.1. The molecule has 11 nitrogen and oxygen atoms in total. The number of hydrogen-bond donors (Lipinski definition) is 4. The van der Waals surface area contributed by atoms with Crippen LogP contribution < -0.4 is 10.6 Å². The van der Waals surface area contributed by atoms with E-state index in [0.29, 0.717) is 30.4 Å². The Labute approximate surface area is 274 Å². The highest BCUT2D eigenvalue weighted by Gasteiger charge is 2.80.